The van der Waals surface area contributed by atoms with Gasteiger partial charge < -0.3 is 20.6 Å². The number of nitrogens with zero attached hydrogens (tertiary/aromatic N) is 4. The topological polar surface area (TPSA) is 70.5 Å². The number of hydrogen-bond acceptors (Lipinski definition) is 5. The molecular weight excluding hydrogens is 266 g/mol. The highest BCUT2D eigenvalue weighted by Crippen LogP contribution is 2.16. The van der Waals surface area contributed by atoms with Gasteiger partial charge in [0.25, 0.3) is 0 Å². The van der Waals surface area contributed by atoms with E-state index in [1.54, 1.807) is 0 Å². The van der Waals surface area contributed by atoms with Crippen LogP contribution in [-0.4, -0.2) is 71.1 Å². The van der Waals surface area contributed by atoms with E-state index in [9.17, 15) is 5.11 Å². The van der Waals surface area contributed by atoms with Crippen molar-refractivity contribution >= 4 is 5.69 Å². The van der Waals surface area contributed by atoms with Crippen LogP contribution in [0.25, 0.3) is 0 Å². The molecule has 6 nitrogen and oxygen atoms in total. The molecule has 0 amide bonds. The summed E-state index contributed by atoms with van der Waals surface area (Å²) in [5.41, 5.74) is 8.42. The fraction of sp³-hybridized carbons (Fsp3) is 0.800. The molecule has 120 valence electrons. The maximum atomic E-state index is 10.3. The minimum absolute atomic E-state index is 0.425. The first-order valence-electron chi connectivity index (χ1n) is 7.71. The van der Waals surface area contributed by atoms with Crippen molar-refractivity contribution in [3.63, 3.8) is 0 Å². The summed E-state index contributed by atoms with van der Waals surface area (Å²) < 4.78 is 1.81. The molecule has 0 saturated carbocycles. The Balaban J connectivity index is 1.80. The summed E-state index contributed by atoms with van der Waals surface area (Å²) in [5, 5.41) is 14.6. The summed E-state index contributed by atoms with van der Waals surface area (Å²) in [5.74, 6) is 0.719. The van der Waals surface area contributed by atoms with E-state index in [1.165, 1.54) is 13.0 Å². The molecule has 2 heterocycles. The van der Waals surface area contributed by atoms with Gasteiger partial charge in [0.15, 0.2) is 0 Å². The number of aliphatic hydroxyl groups is 1. The summed E-state index contributed by atoms with van der Waals surface area (Å²) in [6.07, 6.45) is 0.830. The van der Waals surface area contributed by atoms with Gasteiger partial charge in [-0.3, -0.25) is 4.68 Å². The highest BCUT2D eigenvalue weighted by atomic mass is 16.3. The second kappa shape index (κ2) is 6.77. The van der Waals surface area contributed by atoms with E-state index in [-0.39, 0.29) is 0 Å². The van der Waals surface area contributed by atoms with Gasteiger partial charge in [-0.1, -0.05) is 0 Å². The number of nitrogen functional groups attached to an aromatic ring is 1. The zero-order chi connectivity index (χ0) is 15.6. The molecule has 6 heteroatoms. The van der Waals surface area contributed by atoms with E-state index in [1.807, 2.05) is 18.5 Å². The maximum absolute atomic E-state index is 10.3. The number of aliphatic hydroxyl groups excluding tert-OH is 1. The van der Waals surface area contributed by atoms with Gasteiger partial charge in [0.1, 0.15) is 0 Å². The highest BCUT2D eigenvalue weighted by molar-refractivity contribution is 5.46. The second-order valence-corrected chi connectivity index (χ2v) is 6.56. The van der Waals surface area contributed by atoms with Gasteiger partial charge in [-0.25, -0.2) is 0 Å². The molecule has 1 aliphatic heterocycles. The Kier molecular flexibility index (Phi) is 5.24. The molecule has 1 saturated heterocycles. The van der Waals surface area contributed by atoms with Gasteiger partial charge in [-0.05, 0) is 46.8 Å². The predicted molar refractivity (Wildman–Crippen MR) is 85.2 cm³/mol. The predicted octanol–water partition coefficient (Wildman–Crippen LogP) is 0.327. The Morgan fingerprint density at radius 1 is 1.48 bits per heavy atom. The van der Waals surface area contributed by atoms with Crippen molar-refractivity contribution in [2.45, 2.75) is 32.9 Å². The lowest BCUT2D eigenvalue weighted by molar-refractivity contribution is 0.0993. The van der Waals surface area contributed by atoms with E-state index in [2.05, 4.69) is 29.0 Å². The molecule has 1 aromatic rings. The van der Waals surface area contributed by atoms with Gasteiger partial charge in [-0.15, -0.1) is 0 Å². The van der Waals surface area contributed by atoms with E-state index in [0.717, 1.165) is 36.1 Å². The average Bonchev–Trinajstić information content (AvgIpc) is 2.89. The van der Waals surface area contributed by atoms with Crippen LogP contribution in [-0.2, 0) is 6.54 Å². The number of hydrogen-bond donors (Lipinski definition) is 2. The van der Waals surface area contributed by atoms with Crippen molar-refractivity contribution in [2.24, 2.45) is 5.92 Å². The molecule has 1 fully saturated rings. The normalized spacial score (nSPS) is 21.3. The van der Waals surface area contributed by atoms with Crippen LogP contribution in [0.2, 0.25) is 0 Å². The number of aryl methyl sites for hydroxylation is 1. The highest BCUT2D eigenvalue weighted by Gasteiger charge is 2.22. The second-order valence-electron chi connectivity index (χ2n) is 6.56. The quantitative estimate of drug-likeness (QED) is 0.791. The van der Waals surface area contributed by atoms with Crippen LogP contribution in [0.4, 0.5) is 5.69 Å². The molecular formula is C15H29N5O. The zero-order valence-electron chi connectivity index (χ0n) is 13.7. The monoisotopic (exact) mass is 295 g/mol. The Bertz CT molecular complexity index is 473. The van der Waals surface area contributed by atoms with Crippen LogP contribution in [0.15, 0.2) is 0 Å². The lowest BCUT2D eigenvalue weighted by Gasteiger charge is -2.23. The number of rotatable bonds is 6. The standard InChI is InChI=1S/C15H29N5O/c1-11-15(16)12(2)20(17-11)10-14(21)9-19(4)8-13-5-6-18(3)7-13/h13-14,21H,5-10,16H2,1-4H3. The fourth-order valence-corrected chi connectivity index (χ4v) is 3.20. The Labute approximate surface area is 127 Å². The molecule has 2 rings (SSSR count). The Morgan fingerprint density at radius 3 is 2.71 bits per heavy atom. The minimum atomic E-state index is -0.425. The summed E-state index contributed by atoms with van der Waals surface area (Å²) in [4.78, 5) is 4.59. The summed E-state index contributed by atoms with van der Waals surface area (Å²) in [6, 6.07) is 0. The van der Waals surface area contributed by atoms with Crippen molar-refractivity contribution in [1.29, 1.82) is 0 Å². The third-order valence-corrected chi connectivity index (χ3v) is 4.40. The van der Waals surface area contributed by atoms with Gasteiger partial charge in [0.2, 0.25) is 0 Å². The average molecular weight is 295 g/mol. The SMILES string of the molecule is Cc1nn(CC(O)CN(C)CC2CCN(C)C2)c(C)c1N. The van der Waals surface area contributed by atoms with Crippen molar-refractivity contribution in [3.05, 3.63) is 11.4 Å². The van der Waals surface area contributed by atoms with Crippen molar-refractivity contribution < 1.29 is 5.11 Å². The molecule has 0 radical (unpaired) electrons. The number of likely N-dealkylation sites (N-methyl/N-ethyl adjacent to an activating group) is 1. The van der Waals surface area contributed by atoms with E-state index >= 15 is 0 Å². The molecule has 3 N–H and O–H groups in total. The van der Waals surface area contributed by atoms with Crippen LogP contribution < -0.4 is 5.73 Å². The third kappa shape index (κ3) is 4.18. The molecule has 1 aromatic heterocycles. The number of aromatic nitrogens is 2. The molecule has 0 bridgehead atoms. The van der Waals surface area contributed by atoms with Crippen LogP contribution in [0, 0.1) is 19.8 Å². The van der Waals surface area contributed by atoms with Crippen LogP contribution in [0.3, 0.4) is 0 Å². The lowest BCUT2D eigenvalue weighted by atomic mass is 10.1. The first-order chi connectivity index (χ1) is 9.86. The summed E-state index contributed by atoms with van der Waals surface area (Å²) in [7, 11) is 4.25. The Morgan fingerprint density at radius 2 is 2.19 bits per heavy atom. The number of nitrogens with two attached hydrogens (primary N) is 1. The first-order valence-corrected chi connectivity index (χ1v) is 7.71. The molecule has 21 heavy (non-hydrogen) atoms. The molecule has 0 aliphatic carbocycles. The van der Waals surface area contributed by atoms with Crippen molar-refractivity contribution in [3.8, 4) is 0 Å². The smallest absolute Gasteiger partial charge is 0.0862 e. The van der Waals surface area contributed by atoms with Gasteiger partial charge in [-0.2, -0.15) is 5.10 Å². The van der Waals surface area contributed by atoms with Crippen LogP contribution in [0.1, 0.15) is 17.8 Å². The molecule has 2 unspecified atom stereocenters. The van der Waals surface area contributed by atoms with Crippen LogP contribution in [0.5, 0.6) is 0 Å². The van der Waals surface area contributed by atoms with Crippen molar-refractivity contribution in [2.75, 3.05) is 46.0 Å². The van der Waals surface area contributed by atoms with Gasteiger partial charge in [0.05, 0.1) is 29.7 Å². The molecule has 2 atom stereocenters. The molecule has 0 aromatic carbocycles. The number of likely N-dealkylation sites (tertiary alicyclic amines) is 1. The van der Waals surface area contributed by atoms with E-state index < -0.39 is 6.10 Å². The van der Waals surface area contributed by atoms with E-state index in [4.69, 9.17) is 5.73 Å². The maximum Gasteiger partial charge on any atom is 0.0862 e. The fourth-order valence-electron chi connectivity index (χ4n) is 3.20. The third-order valence-electron chi connectivity index (χ3n) is 4.40. The zero-order valence-corrected chi connectivity index (χ0v) is 13.7. The Hall–Kier alpha value is -1.11. The lowest BCUT2D eigenvalue weighted by Crippen LogP contribution is -2.36. The first kappa shape index (κ1) is 16.3. The minimum Gasteiger partial charge on any atom is -0.396 e. The number of anilines is 1. The van der Waals surface area contributed by atoms with Gasteiger partial charge >= 0.3 is 0 Å². The molecule has 0 spiro atoms. The molecule has 1 aliphatic rings. The summed E-state index contributed by atoms with van der Waals surface area (Å²) in [6.45, 7) is 8.40. The van der Waals surface area contributed by atoms with Crippen LogP contribution >= 0.6 is 0 Å². The largest absolute Gasteiger partial charge is 0.396 e. The van der Waals surface area contributed by atoms with Crippen molar-refractivity contribution in [1.82, 2.24) is 19.6 Å². The summed E-state index contributed by atoms with van der Waals surface area (Å²) >= 11 is 0. The van der Waals surface area contributed by atoms with E-state index in [0.29, 0.717) is 13.1 Å². The van der Waals surface area contributed by atoms with Gasteiger partial charge in [0, 0.05) is 19.6 Å².